The van der Waals surface area contributed by atoms with Crippen LogP contribution in [0.4, 0.5) is 18.9 Å². The van der Waals surface area contributed by atoms with Crippen LogP contribution in [0.25, 0.3) is 6.08 Å². The van der Waals surface area contributed by atoms with Gasteiger partial charge >= 0.3 is 6.17 Å². The molecule has 1 aromatic carbocycles. The summed E-state index contributed by atoms with van der Waals surface area (Å²) in [6.45, 7) is 2.82. The lowest BCUT2D eigenvalue weighted by molar-refractivity contribution is -0.741. The lowest BCUT2D eigenvalue weighted by atomic mass is 9.95. The summed E-state index contributed by atoms with van der Waals surface area (Å²) >= 11 is 0. The van der Waals surface area contributed by atoms with Crippen LogP contribution in [0.1, 0.15) is 23.6 Å². The molecule has 0 amide bonds. The van der Waals surface area contributed by atoms with Crippen LogP contribution >= 0.6 is 0 Å². The van der Waals surface area contributed by atoms with Crippen molar-refractivity contribution < 1.29 is 23.1 Å². The second-order valence-electron chi connectivity index (χ2n) is 4.73. The molecule has 0 atom stereocenters. The van der Waals surface area contributed by atoms with Gasteiger partial charge in [-0.1, -0.05) is 12.2 Å². The Bertz CT molecular complexity index is 663. The number of hydrogen-bond acceptors (Lipinski definition) is 5. The van der Waals surface area contributed by atoms with E-state index in [1.165, 1.54) is 26.0 Å². The van der Waals surface area contributed by atoms with E-state index in [9.17, 15) is 33.5 Å². The number of benzene rings is 1. The van der Waals surface area contributed by atoms with Gasteiger partial charge in [0.1, 0.15) is 12.1 Å². The number of halogens is 3. The van der Waals surface area contributed by atoms with Gasteiger partial charge in [0.2, 0.25) is 0 Å². The third kappa shape index (κ3) is 3.58. The quantitative estimate of drug-likeness (QED) is 0.345. The Morgan fingerprint density at radius 3 is 2.13 bits per heavy atom. The van der Waals surface area contributed by atoms with Crippen LogP contribution in [-0.2, 0) is 6.42 Å². The second-order valence-corrected chi connectivity index (χ2v) is 4.73. The van der Waals surface area contributed by atoms with E-state index in [1.54, 1.807) is 0 Å². The van der Waals surface area contributed by atoms with Crippen LogP contribution < -0.4 is 5.12 Å². The fourth-order valence-corrected chi connectivity index (χ4v) is 2.20. The van der Waals surface area contributed by atoms with E-state index in [0.717, 1.165) is 7.05 Å². The standard InChI is InChI=1S/C13H14F3N3O4/c1-4-5-8-7(2)9(6-10(18(20)21)19(22)23)13(17(3)16)12(15)11(8)14/h4-5,10H,6H2,1-3H3. The molecule has 126 valence electrons. The maximum atomic E-state index is 14.1. The zero-order valence-electron chi connectivity index (χ0n) is 12.5. The number of nitrogens with zero attached hydrogens (tertiary/aromatic N) is 3. The van der Waals surface area contributed by atoms with Gasteiger partial charge in [-0.15, -0.1) is 4.48 Å². The normalized spacial score (nSPS) is 11.3. The van der Waals surface area contributed by atoms with Crippen LogP contribution in [0, 0.1) is 38.8 Å². The molecule has 7 nitrogen and oxygen atoms in total. The number of rotatable bonds is 6. The molecule has 1 aromatic rings. The van der Waals surface area contributed by atoms with Crippen molar-refractivity contribution in [1.29, 1.82) is 0 Å². The fraction of sp³-hybridized carbons (Fsp3) is 0.385. The Morgan fingerprint density at radius 2 is 1.74 bits per heavy atom. The molecule has 0 heterocycles. The average Bonchev–Trinajstić information content (AvgIpc) is 2.44. The third-order valence-corrected chi connectivity index (χ3v) is 3.29. The van der Waals surface area contributed by atoms with Crippen LogP contribution in [0.2, 0.25) is 0 Å². The predicted molar refractivity (Wildman–Crippen MR) is 76.8 cm³/mol. The van der Waals surface area contributed by atoms with Gasteiger partial charge in [0.25, 0.3) is 0 Å². The molecule has 0 spiro atoms. The Labute approximate surface area is 129 Å². The van der Waals surface area contributed by atoms with Gasteiger partial charge in [-0.2, -0.15) is 0 Å². The van der Waals surface area contributed by atoms with E-state index < -0.39 is 39.8 Å². The molecule has 0 fully saturated rings. The molecule has 0 aliphatic rings. The van der Waals surface area contributed by atoms with Gasteiger partial charge in [-0.25, -0.2) is 13.9 Å². The van der Waals surface area contributed by atoms with Crippen molar-refractivity contribution in [1.82, 2.24) is 0 Å². The van der Waals surface area contributed by atoms with E-state index in [-0.39, 0.29) is 21.8 Å². The smallest absolute Gasteiger partial charge is 0.259 e. The lowest BCUT2D eigenvalue weighted by Crippen LogP contribution is -2.32. The minimum absolute atomic E-state index is 0.00444. The summed E-state index contributed by atoms with van der Waals surface area (Å²) in [6, 6.07) is 0. The van der Waals surface area contributed by atoms with Crippen molar-refractivity contribution in [2.75, 3.05) is 12.2 Å². The predicted octanol–water partition coefficient (Wildman–Crippen LogP) is 3.05. The van der Waals surface area contributed by atoms with Gasteiger partial charge in [0.15, 0.2) is 11.6 Å². The van der Waals surface area contributed by atoms with Gasteiger partial charge in [-0.05, 0) is 25.0 Å². The SMILES string of the molecule is CC=Cc1c(C)c(CC([N+](=O)[O-])[N+](=O)[O-])c(N(C)F)c(F)c1F. The largest absolute Gasteiger partial charge is 0.454 e. The monoisotopic (exact) mass is 333 g/mol. The van der Waals surface area contributed by atoms with Crippen molar-refractivity contribution in [3.05, 3.63) is 54.6 Å². The van der Waals surface area contributed by atoms with E-state index in [4.69, 9.17) is 0 Å². The van der Waals surface area contributed by atoms with E-state index in [2.05, 4.69) is 0 Å². The molecule has 0 aromatic heterocycles. The first kappa shape index (κ1) is 18.4. The summed E-state index contributed by atoms with van der Waals surface area (Å²) < 4.78 is 41.7. The fourth-order valence-electron chi connectivity index (χ4n) is 2.20. The molecule has 23 heavy (non-hydrogen) atoms. The Morgan fingerprint density at radius 1 is 1.22 bits per heavy atom. The van der Waals surface area contributed by atoms with E-state index in [1.807, 2.05) is 0 Å². The Hall–Kier alpha value is -2.65. The highest BCUT2D eigenvalue weighted by atomic mass is 19.2. The first-order valence-electron chi connectivity index (χ1n) is 6.43. The van der Waals surface area contributed by atoms with Crippen molar-refractivity contribution in [2.24, 2.45) is 0 Å². The first-order valence-corrected chi connectivity index (χ1v) is 6.43. The molecular formula is C13H14F3N3O4. The Balaban J connectivity index is 3.67. The molecule has 1 rings (SSSR count). The minimum atomic E-state index is -2.30. The van der Waals surface area contributed by atoms with Gasteiger partial charge < -0.3 is 0 Å². The lowest BCUT2D eigenvalue weighted by Gasteiger charge is -2.19. The molecular weight excluding hydrogens is 319 g/mol. The number of hydrogen-bond donors (Lipinski definition) is 0. The summed E-state index contributed by atoms with van der Waals surface area (Å²) in [7, 11) is 0.767. The van der Waals surface area contributed by atoms with Crippen LogP contribution in [0.15, 0.2) is 6.08 Å². The molecule has 0 unspecified atom stereocenters. The van der Waals surface area contributed by atoms with E-state index >= 15 is 0 Å². The van der Waals surface area contributed by atoms with E-state index in [0.29, 0.717) is 0 Å². The molecule has 10 heteroatoms. The van der Waals surface area contributed by atoms with Crippen LogP contribution in [0.5, 0.6) is 0 Å². The second kappa shape index (κ2) is 7.07. The molecule has 0 N–H and O–H groups in total. The number of anilines is 1. The molecule has 0 aliphatic carbocycles. The highest BCUT2D eigenvalue weighted by molar-refractivity contribution is 5.66. The zero-order valence-corrected chi connectivity index (χ0v) is 12.5. The summed E-state index contributed by atoms with van der Waals surface area (Å²) in [5.41, 5.74) is -1.46. The molecule has 0 radical (unpaired) electrons. The summed E-state index contributed by atoms with van der Waals surface area (Å²) in [5, 5.41) is 21.3. The van der Waals surface area contributed by atoms with Gasteiger partial charge in [-0.3, -0.25) is 20.2 Å². The molecule has 0 aliphatic heterocycles. The molecule has 0 saturated carbocycles. The van der Waals surface area contributed by atoms with Crippen molar-refractivity contribution in [2.45, 2.75) is 26.4 Å². The van der Waals surface area contributed by atoms with Crippen molar-refractivity contribution >= 4 is 11.8 Å². The maximum Gasteiger partial charge on any atom is 0.454 e. The summed E-state index contributed by atoms with van der Waals surface area (Å²) in [5.74, 6) is -2.89. The summed E-state index contributed by atoms with van der Waals surface area (Å²) in [4.78, 5) is 19.2. The highest BCUT2D eigenvalue weighted by Gasteiger charge is 2.36. The van der Waals surface area contributed by atoms with Crippen LogP contribution in [-0.4, -0.2) is 23.1 Å². The zero-order chi connectivity index (χ0) is 17.9. The van der Waals surface area contributed by atoms with Gasteiger partial charge in [0.05, 0.1) is 9.85 Å². The van der Waals surface area contributed by atoms with Crippen molar-refractivity contribution in [3.63, 3.8) is 0 Å². The average molecular weight is 333 g/mol. The number of nitro groups is 2. The highest BCUT2D eigenvalue weighted by Crippen LogP contribution is 2.34. The van der Waals surface area contributed by atoms with Crippen molar-refractivity contribution in [3.8, 4) is 0 Å². The Kier molecular flexibility index (Phi) is 5.66. The molecule has 0 saturated heterocycles. The first-order chi connectivity index (χ1) is 10.6. The topological polar surface area (TPSA) is 89.5 Å². The minimum Gasteiger partial charge on any atom is -0.259 e. The number of allylic oxidation sites excluding steroid dienone is 1. The van der Waals surface area contributed by atoms with Crippen LogP contribution in [0.3, 0.4) is 0 Å². The van der Waals surface area contributed by atoms with Gasteiger partial charge in [0, 0.05) is 12.6 Å². The summed E-state index contributed by atoms with van der Waals surface area (Å²) in [6.07, 6.45) is -0.578. The molecule has 0 bridgehead atoms. The maximum absolute atomic E-state index is 14.1. The third-order valence-electron chi connectivity index (χ3n) is 3.29.